The predicted molar refractivity (Wildman–Crippen MR) is 77.1 cm³/mol. The van der Waals surface area contributed by atoms with E-state index >= 15 is 0 Å². The molecule has 20 heavy (non-hydrogen) atoms. The topological polar surface area (TPSA) is 35.9 Å². The van der Waals surface area contributed by atoms with E-state index < -0.39 is 0 Å². The van der Waals surface area contributed by atoms with Crippen molar-refractivity contribution in [1.82, 2.24) is 9.80 Å². The summed E-state index contributed by atoms with van der Waals surface area (Å²) >= 11 is 0. The third-order valence-corrected chi connectivity index (χ3v) is 5.05. The summed E-state index contributed by atoms with van der Waals surface area (Å²) in [5, 5.41) is 9.53. The molecule has 4 rings (SSSR count). The zero-order valence-corrected chi connectivity index (χ0v) is 11.8. The van der Waals surface area contributed by atoms with Gasteiger partial charge >= 0.3 is 0 Å². The number of ether oxygens (including phenoxy) is 1. The number of nitrogens with zero attached hydrogens (tertiary/aromatic N) is 2. The van der Waals surface area contributed by atoms with Crippen molar-refractivity contribution in [1.29, 1.82) is 0 Å². The van der Waals surface area contributed by atoms with Crippen molar-refractivity contribution in [3.8, 4) is 11.5 Å². The lowest BCUT2D eigenvalue weighted by Crippen LogP contribution is -2.36. The van der Waals surface area contributed by atoms with Crippen LogP contribution in [0.1, 0.15) is 30.9 Å². The molecule has 2 saturated heterocycles. The lowest BCUT2D eigenvalue weighted by atomic mass is 10.1. The van der Waals surface area contributed by atoms with Crippen molar-refractivity contribution in [2.24, 2.45) is 0 Å². The molecular formula is C16H22N2O2. The molecule has 2 atom stereocenters. The van der Waals surface area contributed by atoms with Gasteiger partial charge in [-0.05, 0) is 44.5 Å². The van der Waals surface area contributed by atoms with Crippen LogP contribution >= 0.6 is 0 Å². The minimum atomic E-state index is 0.292. The molecule has 0 amide bonds. The quantitative estimate of drug-likeness (QED) is 0.895. The van der Waals surface area contributed by atoms with E-state index in [0.29, 0.717) is 11.8 Å². The number of rotatable bonds is 2. The second-order valence-corrected chi connectivity index (χ2v) is 6.23. The van der Waals surface area contributed by atoms with Crippen LogP contribution in [0.25, 0.3) is 0 Å². The highest BCUT2D eigenvalue weighted by Crippen LogP contribution is 2.39. The standard InChI is InChI=1S/C16H22N2O2/c19-13-3-4-14-15(11-20-16(14)9-13)18-8-5-12(10-18)17-6-1-2-7-17/h3-4,9,12,15,19H,1-2,5-8,10-11H2. The second-order valence-electron chi connectivity index (χ2n) is 6.23. The molecular weight excluding hydrogens is 252 g/mol. The number of benzene rings is 1. The Hall–Kier alpha value is -1.26. The van der Waals surface area contributed by atoms with Crippen LogP contribution in [-0.2, 0) is 0 Å². The molecule has 3 aliphatic heterocycles. The van der Waals surface area contributed by atoms with Gasteiger partial charge in [-0.15, -0.1) is 0 Å². The number of hydrogen-bond acceptors (Lipinski definition) is 4. The highest BCUT2D eigenvalue weighted by atomic mass is 16.5. The van der Waals surface area contributed by atoms with E-state index in [1.807, 2.05) is 6.07 Å². The van der Waals surface area contributed by atoms with Gasteiger partial charge in [0.25, 0.3) is 0 Å². The number of phenolic OH excluding ortho intramolecular Hbond substituents is 1. The maximum atomic E-state index is 9.53. The summed E-state index contributed by atoms with van der Waals surface area (Å²) < 4.78 is 5.75. The maximum Gasteiger partial charge on any atom is 0.127 e. The monoisotopic (exact) mass is 274 g/mol. The minimum absolute atomic E-state index is 0.292. The number of fused-ring (bicyclic) bond motifs is 1. The minimum Gasteiger partial charge on any atom is -0.508 e. The van der Waals surface area contributed by atoms with E-state index in [1.54, 1.807) is 12.1 Å². The Morgan fingerprint density at radius 2 is 1.95 bits per heavy atom. The van der Waals surface area contributed by atoms with Crippen LogP contribution < -0.4 is 4.74 Å². The van der Waals surface area contributed by atoms with Crippen molar-refractivity contribution in [3.63, 3.8) is 0 Å². The molecule has 0 aromatic heterocycles. The zero-order chi connectivity index (χ0) is 13.5. The molecule has 1 aromatic rings. The molecule has 0 radical (unpaired) electrons. The zero-order valence-electron chi connectivity index (χ0n) is 11.8. The van der Waals surface area contributed by atoms with E-state index in [2.05, 4.69) is 9.80 Å². The van der Waals surface area contributed by atoms with Gasteiger partial charge in [-0.2, -0.15) is 0 Å². The second kappa shape index (κ2) is 4.93. The number of aromatic hydroxyl groups is 1. The van der Waals surface area contributed by atoms with Gasteiger partial charge in [0.05, 0.1) is 6.04 Å². The molecule has 1 aromatic carbocycles. The molecule has 4 heteroatoms. The fourth-order valence-electron chi connectivity index (χ4n) is 3.94. The normalized spacial score (nSPS) is 30.6. The molecule has 4 nitrogen and oxygen atoms in total. The molecule has 108 valence electrons. The Morgan fingerprint density at radius 1 is 1.10 bits per heavy atom. The van der Waals surface area contributed by atoms with Gasteiger partial charge in [0.1, 0.15) is 18.1 Å². The van der Waals surface area contributed by atoms with Crippen LogP contribution in [0.15, 0.2) is 18.2 Å². The first-order valence-electron chi connectivity index (χ1n) is 7.75. The first-order valence-corrected chi connectivity index (χ1v) is 7.75. The third kappa shape index (κ3) is 2.07. The maximum absolute atomic E-state index is 9.53. The lowest BCUT2D eigenvalue weighted by molar-refractivity contribution is 0.173. The molecule has 0 saturated carbocycles. The third-order valence-electron chi connectivity index (χ3n) is 5.05. The Balaban J connectivity index is 1.48. The Kier molecular flexibility index (Phi) is 3.08. The van der Waals surface area contributed by atoms with Crippen LogP contribution in [-0.4, -0.2) is 53.7 Å². The molecule has 0 bridgehead atoms. The summed E-state index contributed by atoms with van der Waals surface area (Å²) in [6.07, 6.45) is 4.01. The summed E-state index contributed by atoms with van der Waals surface area (Å²) in [5.74, 6) is 1.15. The highest BCUT2D eigenvalue weighted by Gasteiger charge is 2.36. The Morgan fingerprint density at radius 3 is 2.80 bits per heavy atom. The molecule has 3 aliphatic rings. The van der Waals surface area contributed by atoms with E-state index in [-0.39, 0.29) is 0 Å². The summed E-state index contributed by atoms with van der Waals surface area (Å²) in [6, 6.07) is 6.64. The van der Waals surface area contributed by atoms with Gasteiger partial charge in [-0.3, -0.25) is 9.80 Å². The van der Waals surface area contributed by atoms with Gasteiger partial charge in [-0.1, -0.05) is 0 Å². The molecule has 0 aliphatic carbocycles. The van der Waals surface area contributed by atoms with Crippen LogP contribution in [0.2, 0.25) is 0 Å². The van der Waals surface area contributed by atoms with Gasteiger partial charge in [0.15, 0.2) is 0 Å². The summed E-state index contributed by atoms with van der Waals surface area (Å²) in [4.78, 5) is 5.22. The SMILES string of the molecule is Oc1ccc2c(c1)OCC2N1CCC(N2CCCC2)C1. The fourth-order valence-corrected chi connectivity index (χ4v) is 3.94. The smallest absolute Gasteiger partial charge is 0.127 e. The first kappa shape index (κ1) is 12.5. The van der Waals surface area contributed by atoms with E-state index in [1.165, 1.54) is 37.9 Å². The van der Waals surface area contributed by atoms with Gasteiger partial charge in [-0.25, -0.2) is 0 Å². The van der Waals surface area contributed by atoms with Crippen LogP contribution in [0.5, 0.6) is 11.5 Å². The highest BCUT2D eigenvalue weighted by molar-refractivity contribution is 5.44. The molecule has 3 heterocycles. The van der Waals surface area contributed by atoms with Crippen LogP contribution in [0.4, 0.5) is 0 Å². The molecule has 2 fully saturated rings. The van der Waals surface area contributed by atoms with Gasteiger partial charge < -0.3 is 9.84 Å². The number of hydrogen-bond donors (Lipinski definition) is 1. The molecule has 0 spiro atoms. The Bertz CT molecular complexity index is 499. The summed E-state index contributed by atoms with van der Waals surface area (Å²) in [5.41, 5.74) is 1.24. The van der Waals surface area contributed by atoms with Crippen molar-refractivity contribution in [3.05, 3.63) is 23.8 Å². The average molecular weight is 274 g/mol. The van der Waals surface area contributed by atoms with Gasteiger partial charge in [0.2, 0.25) is 0 Å². The Labute approximate surface area is 119 Å². The summed E-state index contributed by atoms with van der Waals surface area (Å²) in [7, 11) is 0. The van der Waals surface area contributed by atoms with E-state index in [0.717, 1.165) is 31.5 Å². The fraction of sp³-hybridized carbons (Fsp3) is 0.625. The average Bonchev–Trinajstić information content (AvgIpc) is 3.17. The molecule has 2 unspecified atom stereocenters. The van der Waals surface area contributed by atoms with Crippen LogP contribution in [0.3, 0.4) is 0 Å². The predicted octanol–water partition coefficient (Wildman–Crippen LogP) is 2.00. The first-order chi connectivity index (χ1) is 9.81. The van der Waals surface area contributed by atoms with Crippen molar-refractivity contribution in [2.45, 2.75) is 31.3 Å². The van der Waals surface area contributed by atoms with Crippen molar-refractivity contribution < 1.29 is 9.84 Å². The molecule has 1 N–H and O–H groups in total. The van der Waals surface area contributed by atoms with E-state index in [4.69, 9.17) is 4.74 Å². The van der Waals surface area contributed by atoms with Gasteiger partial charge in [0, 0.05) is 30.8 Å². The number of likely N-dealkylation sites (tertiary alicyclic amines) is 2. The van der Waals surface area contributed by atoms with Crippen LogP contribution in [0, 0.1) is 0 Å². The van der Waals surface area contributed by atoms with Crippen molar-refractivity contribution in [2.75, 3.05) is 32.8 Å². The summed E-state index contributed by atoms with van der Waals surface area (Å²) in [6.45, 7) is 5.61. The lowest BCUT2D eigenvalue weighted by Gasteiger charge is -2.26. The van der Waals surface area contributed by atoms with Crippen molar-refractivity contribution >= 4 is 0 Å². The number of phenols is 1. The largest absolute Gasteiger partial charge is 0.508 e. The van der Waals surface area contributed by atoms with E-state index in [9.17, 15) is 5.11 Å².